The van der Waals surface area contributed by atoms with Gasteiger partial charge in [0.1, 0.15) is 11.6 Å². The van der Waals surface area contributed by atoms with E-state index < -0.39 is 0 Å². The Morgan fingerprint density at radius 3 is 2.79 bits per heavy atom. The SMILES string of the molecule is CC(C)Nc1nc(Nc2cccc(F)c2)ncc1I. The second-order valence-corrected chi connectivity index (χ2v) is 5.49. The lowest BCUT2D eigenvalue weighted by molar-refractivity contribution is 0.628. The fourth-order valence-electron chi connectivity index (χ4n) is 1.50. The van der Waals surface area contributed by atoms with Gasteiger partial charge >= 0.3 is 0 Å². The van der Waals surface area contributed by atoms with Crippen molar-refractivity contribution in [3.05, 3.63) is 39.8 Å². The quantitative estimate of drug-likeness (QED) is 0.802. The van der Waals surface area contributed by atoms with Gasteiger partial charge in [-0.2, -0.15) is 4.98 Å². The van der Waals surface area contributed by atoms with Gasteiger partial charge in [0, 0.05) is 17.9 Å². The van der Waals surface area contributed by atoms with Gasteiger partial charge in [0.05, 0.1) is 3.57 Å². The van der Waals surface area contributed by atoms with Crippen molar-refractivity contribution < 1.29 is 4.39 Å². The van der Waals surface area contributed by atoms with E-state index in [-0.39, 0.29) is 11.9 Å². The van der Waals surface area contributed by atoms with E-state index in [0.717, 1.165) is 9.39 Å². The summed E-state index contributed by atoms with van der Waals surface area (Å²) in [6, 6.07) is 6.48. The monoisotopic (exact) mass is 372 g/mol. The Balaban J connectivity index is 2.21. The molecule has 1 heterocycles. The maximum Gasteiger partial charge on any atom is 0.229 e. The molecule has 4 nitrogen and oxygen atoms in total. The number of hydrogen-bond donors (Lipinski definition) is 2. The number of anilines is 3. The fourth-order valence-corrected chi connectivity index (χ4v) is 1.91. The molecule has 0 fully saturated rings. The van der Waals surface area contributed by atoms with Crippen LogP contribution >= 0.6 is 22.6 Å². The number of nitrogens with zero attached hydrogens (tertiary/aromatic N) is 2. The molecule has 2 rings (SSSR count). The van der Waals surface area contributed by atoms with Crippen LogP contribution in [0.3, 0.4) is 0 Å². The van der Waals surface area contributed by atoms with Gasteiger partial charge in [0.2, 0.25) is 5.95 Å². The minimum atomic E-state index is -0.295. The van der Waals surface area contributed by atoms with E-state index in [4.69, 9.17) is 0 Å². The Morgan fingerprint density at radius 2 is 2.11 bits per heavy atom. The average molecular weight is 372 g/mol. The van der Waals surface area contributed by atoms with Crippen molar-refractivity contribution >= 4 is 40.0 Å². The van der Waals surface area contributed by atoms with Gasteiger partial charge in [-0.05, 0) is 54.6 Å². The smallest absolute Gasteiger partial charge is 0.229 e. The van der Waals surface area contributed by atoms with Crippen LogP contribution < -0.4 is 10.6 Å². The number of halogens is 2. The van der Waals surface area contributed by atoms with Gasteiger partial charge in [0.25, 0.3) is 0 Å². The molecular weight excluding hydrogens is 358 g/mol. The normalized spacial score (nSPS) is 10.6. The van der Waals surface area contributed by atoms with Crippen LogP contribution in [0.25, 0.3) is 0 Å². The standard InChI is InChI=1S/C13H14FIN4/c1-8(2)17-12-11(15)7-16-13(19-12)18-10-5-3-4-9(14)6-10/h3-8H,1-2H3,(H2,16,17,18,19). The van der Waals surface area contributed by atoms with E-state index >= 15 is 0 Å². The lowest BCUT2D eigenvalue weighted by Gasteiger charge is -2.12. The van der Waals surface area contributed by atoms with Gasteiger partial charge in [0.15, 0.2) is 0 Å². The highest BCUT2D eigenvalue weighted by molar-refractivity contribution is 14.1. The van der Waals surface area contributed by atoms with Crippen LogP contribution in [0.1, 0.15) is 13.8 Å². The molecule has 19 heavy (non-hydrogen) atoms. The highest BCUT2D eigenvalue weighted by Gasteiger charge is 2.06. The number of rotatable bonds is 4. The third kappa shape index (κ3) is 4.02. The topological polar surface area (TPSA) is 49.8 Å². The predicted molar refractivity (Wildman–Crippen MR) is 83.2 cm³/mol. The van der Waals surface area contributed by atoms with Crippen LogP contribution in [-0.4, -0.2) is 16.0 Å². The van der Waals surface area contributed by atoms with Crippen molar-refractivity contribution in [3.8, 4) is 0 Å². The highest BCUT2D eigenvalue weighted by atomic mass is 127. The summed E-state index contributed by atoms with van der Waals surface area (Å²) in [7, 11) is 0. The molecule has 100 valence electrons. The summed E-state index contributed by atoms with van der Waals surface area (Å²) in [5.74, 6) is 0.912. The first kappa shape index (κ1) is 14.0. The number of hydrogen-bond acceptors (Lipinski definition) is 4. The lowest BCUT2D eigenvalue weighted by Crippen LogP contribution is -2.13. The molecule has 0 radical (unpaired) electrons. The van der Waals surface area contributed by atoms with Gasteiger partial charge in [-0.25, -0.2) is 9.37 Å². The molecule has 0 atom stereocenters. The molecule has 0 amide bonds. The molecule has 1 aromatic carbocycles. The Morgan fingerprint density at radius 1 is 1.32 bits per heavy atom. The summed E-state index contributed by atoms with van der Waals surface area (Å²) in [5.41, 5.74) is 0.622. The minimum Gasteiger partial charge on any atom is -0.367 e. The summed E-state index contributed by atoms with van der Waals surface area (Å²) in [6.45, 7) is 4.08. The van der Waals surface area contributed by atoms with Gasteiger partial charge in [-0.3, -0.25) is 0 Å². The summed E-state index contributed by atoms with van der Waals surface area (Å²) >= 11 is 2.17. The van der Waals surface area contributed by atoms with Crippen LogP contribution in [0.4, 0.5) is 21.8 Å². The van der Waals surface area contributed by atoms with Crippen molar-refractivity contribution in [2.24, 2.45) is 0 Å². The van der Waals surface area contributed by atoms with Crippen LogP contribution in [0, 0.1) is 9.39 Å². The molecule has 0 saturated carbocycles. The molecule has 0 aliphatic carbocycles. The van der Waals surface area contributed by atoms with Gasteiger partial charge < -0.3 is 10.6 Å². The molecule has 0 aliphatic rings. The Kier molecular flexibility index (Phi) is 4.52. The van der Waals surface area contributed by atoms with E-state index in [1.807, 2.05) is 13.8 Å². The molecule has 0 unspecified atom stereocenters. The Hall–Kier alpha value is -1.44. The van der Waals surface area contributed by atoms with Crippen LogP contribution in [-0.2, 0) is 0 Å². The van der Waals surface area contributed by atoms with Crippen molar-refractivity contribution in [1.29, 1.82) is 0 Å². The molecule has 1 aromatic heterocycles. The largest absolute Gasteiger partial charge is 0.367 e. The zero-order chi connectivity index (χ0) is 13.8. The van der Waals surface area contributed by atoms with Gasteiger partial charge in [-0.15, -0.1) is 0 Å². The maximum atomic E-state index is 13.1. The Labute approximate surface area is 125 Å². The molecule has 2 N–H and O–H groups in total. The van der Waals surface area contributed by atoms with E-state index in [2.05, 4.69) is 43.2 Å². The van der Waals surface area contributed by atoms with E-state index in [9.17, 15) is 4.39 Å². The molecule has 0 bridgehead atoms. The van der Waals surface area contributed by atoms with Crippen molar-refractivity contribution in [1.82, 2.24) is 9.97 Å². The summed E-state index contributed by atoms with van der Waals surface area (Å²) < 4.78 is 14.0. The molecule has 6 heteroatoms. The number of benzene rings is 1. The van der Waals surface area contributed by atoms with Crippen molar-refractivity contribution in [2.75, 3.05) is 10.6 Å². The first-order valence-corrected chi connectivity index (χ1v) is 6.94. The molecule has 0 aliphatic heterocycles. The zero-order valence-electron chi connectivity index (χ0n) is 10.6. The third-order valence-electron chi connectivity index (χ3n) is 2.25. The fraction of sp³-hybridized carbons (Fsp3) is 0.231. The first-order chi connectivity index (χ1) is 9.04. The zero-order valence-corrected chi connectivity index (χ0v) is 12.8. The molecule has 2 aromatic rings. The van der Waals surface area contributed by atoms with E-state index in [0.29, 0.717) is 11.6 Å². The van der Waals surface area contributed by atoms with Gasteiger partial charge in [-0.1, -0.05) is 6.07 Å². The van der Waals surface area contributed by atoms with Crippen molar-refractivity contribution in [2.45, 2.75) is 19.9 Å². The van der Waals surface area contributed by atoms with Crippen LogP contribution in [0.5, 0.6) is 0 Å². The van der Waals surface area contributed by atoms with Crippen LogP contribution in [0.2, 0.25) is 0 Å². The first-order valence-electron chi connectivity index (χ1n) is 5.86. The second kappa shape index (κ2) is 6.14. The third-order valence-corrected chi connectivity index (χ3v) is 3.04. The van der Waals surface area contributed by atoms with Crippen LogP contribution in [0.15, 0.2) is 30.5 Å². The highest BCUT2D eigenvalue weighted by Crippen LogP contribution is 2.19. The second-order valence-electron chi connectivity index (χ2n) is 4.32. The summed E-state index contributed by atoms with van der Waals surface area (Å²) in [5, 5.41) is 6.22. The van der Waals surface area contributed by atoms with Crippen molar-refractivity contribution in [3.63, 3.8) is 0 Å². The summed E-state index contributed by atoms with van der Waals surface area (Å²) in [4.78, 5) is 8.55. The number of nitrogens with one attached hydrogen (secondary N) is 2. The molecule has 0 spiro atoms. The average Bonchev–Trinajstić information content (AvgIpc) is 2.33. The Bertz CT molecular complexity index is 574. The lowest BCUT2D eigenvalue weighted by atomic mass is 10.3. The predicted octanol–water partition coefficient (Wildman–Crippen LogP) is 3.78. The van der Waals surface area contributed by atoms with E-state index in [1.54, 1.807) is 18.3 Å². The minimum absolute atomic E-state index is 0.283. The number of aromatic nitrogens is 2. The molecule has 0 saturated heterocycles. The van der Waals surface area contributed by atoms with E-state index in [1.165, 1.54) is 12.1 Å². The molecular formula is C13H14FIN4. The summed E-state index contributed by atoms with van der Waals surface area (Å²) in [6.07, 6.45) is 1.72. The maximum absolute atomic E-state index is 13.1.